The Bertz CT molecular complexity index is 1160. The van der Waals surface area contributed by atoms with Crippen molar-refractivity contribution < 1.29 is 63.0 Å². The summed E-state index contributed by atoms with van der Waals surface area (Å²) in [6, 6.07) is 5.22. The monoisotopic (exact) mass is 668 g/mol. The number of carbonyl (C=O) groups excluding carboxylic acids is 4. The number of imide groups is 1. The van der Waals surface area contributed by atoms with Gasteiger partial charge in [-0.25, -0.2) is 4.79 Å². The van der Waals surface area contributed by atoms with Crippen LogP contribution in [0.4, 0.5) is 0 Å². The summed E-state index contributed by atoms with van der Waals surface area (Å²) < 4.78 is 27.3. The summed E-state index contributed by atoms with van der Waals surface area (Å²) in [6.07, 6.45) is -1.45. The van der Waals surface area contributed by atoms with Gasteiger partial charge in [0.05, 0.1) is 25.9 Å². The van der Waals surface area contributed by atoms with Crippen LogP contribution < -0.4 is 10.1 Å². The van der Waals surface area contributed by atoms with Crippen molar-refractivity contribution >= 4 is 30.2 Å². The lowest BCUT2D eigenvalue weighted by molar-refractivity contribution is -0.228. The van der Waals surface area contributed by atoms with Gasteiger partial charge < -0.3 is 44.3 Å². The van der Waals surface area contributed by atoms with E-state index in [2.05, 4.69) is 5.32 Å². The van der Waals surface area contributed by atoms with Crippen molar-refractivity contribution in [3.05, 3.63) is 41.5 Å². The summed E-state index contributed by atoms with van der Waals surface area (Å²) in [7, 11) is 0. The molecule has 1 aromatic rings. The van der Waals surface area contributed by atoms with Crippen LogP contribution in [0, 0.1) is 0 Å². The minimum atomic E-state index is -1.65. The molecule has 3 amide bonds. The number of carbonyl (C=O) groups is 5. The molecule has 0 radical (unpaired) electrons. The molecule has 15 nitrogen and oxygen atoms in total. The Morgan fingerprint density at radius 3 is 2.43 bits per heavy atom. The zero-order chi connectivity index (χ0) is 35.2. The average Bonchev–Trinajstić information content (AvgIpc) is 3.04. The molecule has 264 valence electrons. The minimum Gasteiger partial charge on any atom is -0.479 e. The van der Waals surface area contributed by atoms with E-state index in [1.165, 1.54) is 19.1 Å². The van der Waals surface area contributed by atoms with E-state index < -0.39 is 42.4 Å². The number of esters is 1. The third-order valence-electron chi connectivity index (χ3n) is 6.49. The van der Waals surface area contributed by atoms with Crippen molar-refractivity contribution in [3.8, 4) is 5.75 Å². The molecule has 0 aromatic heterocycles. The van der Waals surface area contributed by atoms with Crippen molar-refractivity contribution in [1.29, 1.82) is 0 Å². The quantitative estimate of drug-likeness (QED) is 0.0666. The molecule has 4 atom stereocenters. The average molecular weight is 669 g/mol. The van der Waals surface area contributed by atoms with E-state index in [1.54, 1.807) is 25.1 Å². The van der Waals surface area contributed by atoms with Crippen LogP contribution in [-0.2, 0) is 55.9 Å². The number of allylic oxidation sites excluding steroid dienone is 1. The van der Waals surface area contributed by atoms with E-state index in [-0.39, 0.29) is 50.8 Å². The van der Waals surface area contributed by atoms with Crippen LogP contribution in [0.25, 0.3) is 0 Å². The number of aryl methyl sites for hydroxylation is 1. The molecule has 3 unspecified atom stereocenters. The Morgan fingerprint density at radius 1 is 1.09 bits per heavy atom. The molecule has 1 aromatic carbocycles. The van der Waals surface area contributed by atoms with Crippen LogP contribution in [-0.4, -0.2) is 115 Å². The van der Waals surface area contributed by atoms with Gasteiger partial charge in [0.1, 0.15) is 18.5 Å². The van der Waals surface area contributed by atoms with Crippen LogP contribution in [0.5, 0.6) is 5.75 Å². The van der Waals surface area contributed by atoms with Gasteiger partial charge >= 0.3 is 11.9 Å². The molecule has 1 fully saturated rings. The topological polar surface area (TPSA) is 207 Å². The highest BCUT2D eigenvalue weighted by Gasteiger charge is 2.42. The molecule has 1 heterocycles. The molecule has 15 heteroatoms. The zero-order valence-corrected chi connectivity index (χ0v) is 27.4. The van der Waals surface area contributed by atoms with Crippen LogP contribution in [0.3, 0.4) is 0 Å². The number of carboxylic acid groups (broad SMARTS) is 1. The third-order valence-corrected chi connectivity index (χ3v) is 6.49. The van der Waals surface area contributed by atoms with Gasteiger partial charge in [-0.15, -0.1) is 0 Å². The van der Waals surface area contributed by atoms with Crippen LogP contribution in [0.1, 0.15) is 58.1 Å². The first kappa shape index (κ1) is 41.1. The zero-order valence-electron chi connectivity index (χ0n) is 27.4. The Labute approximate surface area is 274 Å². The third kappa shape index (κ3) is 16.0. The molecule has 0 saturated carbocycles. The summed E-state index contributed by atoms with van der Waals surface area (Å²) in [5, 5.41) is 31.8. The van der Waals surface area contributed by atoms with Gasteiger partial charge in [-0.3, -0.25) is 24.1 Å². The number of benzene rings is 1. The van der Waals surface area contributed by atoms with Crippen LogP contribution in [0.2, 0.25) is 0 Å². The number of carboxylic acids is 1. The Balaban J connectivity index is 0.00000541. The number of aliphatic carboxylic acids is 1. The number of aliphatic hydroxyl groups excluding tert-OH is 2. The molecule has 1 saturated heterocycles. The second-order valence-corrected chi connectivity index (χ2v) is 10.0. The SMILES string of the molecule is C/C=C\C(=O)N(C=O)CCC(=O)NCCOCCOCCCc1ccc(OC2CC(O)[C@H](O)C(C(=O)O)O2)c(COC(C)=O)c1.CC. The normalized spacial score (nSPS) is 18.9. The summed E-state index contributed by atoms with van der Waals surface area (Å²) >= 11 is 0. The number of ether oxygens (including phenoxy) is 5. The van der Waals surface area contributed by atoms with Crippen LogP contribution >= 0.6 is 0 Å². The molecule has 0 bridgehead atoms. The van der Waals surface area contributed by atoms with Gasteiger partial charge in [0.25, 0.3) is 5.91 Å². The van der Waals surface area contributed by atoms with E-state index >= 15 is 0 Å². The van der Waals surface area contributed by atoms with Crippen molar-refractivity contribution in [2.45, 2.75) is 84.6 Å². The van der Waals surface area contributed by atoms with Crippen molar-refractivity contribution in [2.24, 2.45) is 0 Å². The summed E-state index contributed by atoms with van der Waals surface area (Å²) in [4.78, 5) is 58.2. The van der Waals surface area contributed by atoms with Gasteiger partial charge in [0.2, 0.25) is 18.6 Å². The summed E-state index contributed by atoms with van der Waals surface area (Å²) in [5.74, 6) is -2.44. The largest absolute Gasteiger partial charge is 0.479 e. The molecule has 0 aliphatic carbocycles. The Hall–Kier alpha value is -3.89. The van der Waals surface area contributed by atoms with Gasteiger partial charge in [-0.1, -0.05) is 26.0 Å². The van der Waals surface area contributed by atoms with Crippen molar-refractivity contribution in [3.63, 3.8) is 0 Å². The molecule has 4 N–H and O–H groups in total. The standard InChI is InChI=1S/C30H42N2O13.C2H6/c1-3-5-26(37)32(19-33)11-9-25(36)31-10-13-42-15-14-41-12-4-6-21-7-8-24(22(16-21)18-43-20(2)34)44-27-17-23(35)28(38)29(45-27)30(39)40;1-2/h3,5,7-8,16,19,23,27-29,35,38H,4,6,9-15,17-18H2,1-2H3,(H,31,36)(H,39,40);1-2H3/b5-3-;/t23?,27?,28-,29?;/m0./s1. The van der Waals surface area contributed by atoms with Gasteiger partial charge in [-0.05, 0) is 43.5 Å². The molecule has 47 heavy (non-hydrogen) atoms. The van der Waals surface area contributed by atoms with E-state index in [9.17, 15) is 39.3 Å². The van der Waals surface area contributed by atoms with Gasteiger partial charge in [0, 0.05) is 45.0 Å². The molecule has 1 aliphatic rings. The maximum Gasteiger partial charge on any atom is 0.335 e. The highest BCUT2D eigenvalue weighted by atomic mass is 16.7. The van der Waals surface area contributed by atoms with E-state index in [4.69, 9.17) is 23.7 Å². The predicted molar refractivity (Wildman–Crippen MR) is 167 cm³/mol. The fourth-order valence-corrected chi connectivity index (χ4v) is 4.18. The molecular weight excluding hydrogens is 620 g/mol. The molecular formula is C32H48N2O13. The lowest BCUT2D eigenvalue weighted by Crippen LogP contribution is -2.53. The number of nitrogens with one attached hydrogen (secondary N) is 1. The summed E-state index contributed by atoms with van der Waals surface area (Å²) in [5.41, 5.74) is 1.43. The Morgan fingerprint density at radius 2 is 1.79 bits per heavy atom. The fourth-order valence-electron chi connectivity index (χ4n) is 4.18. The van der Waals surface area contributed by atoms with E-state index in [1.807, 2.05) is 13.8 Å². The van der Waals surface area contributed by atoms with Crippen molar-refractivity contribution in [2.75, 3.05) is 39.5 Å². The maximum atomic E-state index is 11.9. The van der Waals surface area contributed by atoms with Crippen molar-refractivity contribution in [1.82, 2.24) is 10.2 Å². The number of rotatable bonds is 20. The van der Waals surface area contributed by atoms with Gasteiger partial charge in [-0.2, -0.15) is 0 Å². The lowest BCUT2D eigenvalue weighted by Gasteiger charge is -2.35. The number of hydrogen-bond donors (Lipinski definition) is 4. The Kier molecular flexibility index (Phi) is 20.5. The lowest BCUT2D eigenvalue weighted by atomic mass is 10.0. The van der Waals surface area contributed by atoms with E-state index in [0.29, 0.717) is 44.6 Å². The first-order valence-electron chi connectivity index (χ1n) is 15.5. The number of aliphatic hydroxyl groups is 2. The maximum absolute atomic E-state index is 11.9. The minimum absolute atomic E-state index is 0.0105. The molecule has 2 rings (SSSR count). The smallest absolute Gasteiger partial charge is 0.335 e. The second kappa shape index (κ2) is 23.4. The van der Waals surface area contributed by atoms with Crippen LogP contribution in [0.15, 0.2) is 30.4 Å². The highest BCUT2D eigenvalue weighted by molar-refractivity contribution is 5.94. The van der Waals surface area contributed by atoms with E-state index in [0.717, 1.165) is 10.5 Å². The number of hydrogen-bond acceptors (Lipinski definition) is 12. The number of amides is 3. The highest BCUT2D eigenvalue weighted by Crippen LogP contribution is 2.28. The second-order valence-electron chi connectivity index (χ2n) is 10.0. The summed E-state index contributed by atoms with van der Waals surface area (Å²) in [6.45, 7) is 8.47. The fraction of sp³-hybridized carbons (Fsp3) is 0.594. The first-order chi connectivity index (χ1) is 22.5. The first-order valence-corrected chi connectivity index (χ1v) is 15.5. The predicted octanol–water partition coefficient (Wildman–Crippen LogP) is 1.11. The number of nitrogens with zero attached hydrogens (tertiary/aromatic N) is 1. The molecule has 0 spiro atoms. The van der Waals surface area contributed by atoms with Gasteiger partial charge in [0.15, 0.2) is 6.10 Å². The molecule has 1 aliphatic heterocycles.